The zero-order valence-corrected chi connectivity index (χ0v) is 18.9. The number of benzene rings is 1. The van der Waals surface area contributed by atoms with E-state index in [1.165, 1.54) is 0 Å². The predicted octanol–water partition coefficient (Wildman–Crippen LogP) is 3.66. The Morgan fingerprint density at radius 2 is 2.27 bits per heavy atom. The third kappa shape index (κ3) is 4.80. The van der Waals surface area contributed by atoms with Crippen molar-refractivity contribution in [1.29, 1.82) is 0 Å². The summed E-state index contributed by atoms with van der Waals surface area (Å²) in [5, 5.41) is 0. The van der Waals surface area contributed by atoms with Crippen LogP contribution in [0.3, 0.4) is 0 Å². The molecule has 3 nitrogen and oxygen atoms in total. The van der Waals surface area contributed by atoms with Crippen LogP contribution in [0.1, 0.15) is 18.9 Å². The summed E-state index contributed by atoms with van der Waals surface area (Å²) in [6, 6.07) is 5.69. The number of carbonyl (C=O) groups is 1. The number of hydrogen-bond donors (Lipinski definition) is 0. The van der Waals surface area contributed by atoms with Gasteiger partial charge < -0.3 is 9.64 Å². The van der Waals surface area contributed by atoms with E-state index in [2.05, 4.69) is 56.4 Å². The van der Waals surface area contributed by atoms with Crippen molar-refractivity contribution >= 4 is 50.1 Å². The van der Waals surface area contributed by atoms with Crippen molar-refractivity contribution in [3.05, 3.63) is 34.3 Å². The molecule has 0 N–H and O–H groups in total. The summed E-state index contributed by atoms with van der Waals surface area (Å²) in [6.07, 6.45) is 3.93. The van der Waals surface area contributed by atoms with Crippen LogP contribution in [0.2, 0.25) is 0 Å². The standard InChI is InChI=1S/C16H14BrINO2.Y/c1-3-4-9-21-11-5-6-12(13(17)10-11)15-8-7-14(18)16(20)19(15)2;/h5-6,10,14H,7,9H2,1-2H3;/q-1;. The molecule has 1 amide bonds. The van der Waals surface area contributed by atoms with Gasteiger partial charge in [0.2, 0.25) is 5.91 Å². The maximum Gasteiger partial charge on any atom is 0.235 e. The van der Waals surface area contributed by atoms with E-state index in [-0.39, 0.29) is 42.5 Å². The van der Waals surface area contributed by atoms with Crippen LogP contribution in [0.25, 0.3) is 5.70 Å². The molecule has 0 fully saturated rings. The molecule has 0 saturated heterocycles. The Morgan fingerprint density at radius 1 is 1.55 bits per heavy atom. The summed E-state index contributed by atoms with van der Waals surface area (Å²) in [5.41, 5.74) is 1.74. The summed E-state index contributed by atoms with van der Waals surface area (Å²) in [5.74, 6) is 6.49. The molecule has 1 unspecified atom stereocenters. The maximum absolute atomic E-state index is 12.1. The summed E-state index contributed by atoms with van der Waals surface area (Å²) in [4.78, 5) is 13.7. The van der Waals surface area contributed by atoms with E-state index in [4.69, 9.17) is 4.74 Å². The summed E-state index contributed by atoms with van der Waals surface area (Å²) in [7, 11) is 1.78. The number of nitrogens with zero attached hydrogens (tertiary/aromatic N) is 1. The molecule has 0 saturated carbocycles. The molecule has 1 aromatic rings. The van der Waals surface area contributed by atoms with Crippen molar-refractivity contribution in [1.82, 2.24) is 4.90 Å². The fraction of sp³-hybridized carbons (Fsp3) is 0.312. The largest absolute Gasteiger partial charge is 0.481 e. The molecule has 1 aliphatic rings. The topological polar surface area (TPSA) is 29.5 Å². The fourth-order valence-corrected chi connectivity index (χ4v) is 3.14. The van der Waals surface area contributed by atoms with E-state index in [0.29, 0.717) is 13.0 Å². The minimum atomic E-state index is -0.0367. The summed E-state index contributed by atoms with van der Waals surface area (Å²) < 4.78 is 6.36. The zero-order chi connectivity index (χ0) is 15.4. The van der Waals surface area contributed by atoms with E-state index in [1.807, 2.05) is 18.2 Å². The number of ether oxygens (including phenoxy) is 1. The van der Waals surface area contributed by atoms with Crippen molar-refractivity contribution in [3.8, 4) is 17.6 Å². The molecule has 1 heterocycles. The van der Waals surface area contributed by atoms with E-state index in [0.717, 1.165) is 21.5 Å². The Hall–Kier alpha value is 0.104. The molecule has 113 valence electrons. The molecule has 1 aliphatic heterocycles. The van der Waals surface area contributed by atoms with Crippen molar-refractivity contribution < 1.29 is 42.2 Å². The van der Waals surface area contributed by atoms with Crippen LogP contribution >= 0.6 is 38.5 Å². The molecule has 0 aliphatic carbocycles. The maximum atomic E-state index is 12.1. The van der Waals surface area contributed by atoms with E-state index < -0.39 is 0 Å². The van der Waals surface area contributed by atoms with Gasteiger partial charge in [0.05, 0.1) is 3.92 Å². The number of alkyl halides is 1. The van der Waals surface area contributed by atoms with Gasteiger partial charge in [-0.15, -0.1) is 23.2 Å². The average Bonchev–Trinajstić information content (AvgIpc) is 2.46. The Kier molecular flexibility index (Phi) is 8.62. The monoisotopic (exact) mass is 547 g/mol. The third-order valence-corrected chi connectivity index (χ3v) is 4.70. The first-order valence-electron chi connectivity index (χ1n) is 6.39. The first kappa shape index (κ1) is 20.1. The van der Waals surface area contributed by atoms with E-state index in [1.54, 1.807) is 18.9 Å². The molecule has 0 bridgehead atoms. The quantitative estimate of drug-likeness (QED) is 0.250. The minimum Gasteiger partial charge on any atom is -0.481 e. The SMILES string of the molecule is CC#CCOc1ccc(C2=[C-]CC(I)C(=O)N2C)c(Br)c1.[Y]. The smallest absolute Gasteiger partial charge is 0.235 e. The van der Waals surface area contributed by atoms with Crippen LogP contribution in [-0.4, -0.2) is 28.4 Å². The van der Waals surface area contributed by atoms with Crippen molar-refractivity contribution in [2.45, 2.75) is 17.3 Å². The second-order valence-corrected chi connectivity index (χ2v) is 6.81. The predicted molar refractivity (Wildman–Crippen MR) is 94.9 cm³/mol. The van der Waals surface area contributed by atoms with Gasteiger partial charge in [-0.05, 0) is 19.1 Å². The van der Waals surface area contributed by atoms with Crippen LogP contribution in [0.15, 0.2) is 22.7 Å². The normalized spacial score (nSPS) is 17.1. The Balaban J connectivity index is 0.00000242. The summed E-state index contributed by atoms with van der Waals surface area (Å²) >= 11 is 5.69. The third-order valence-electron chi connectivity index (χ3n) is 3.07. The van der Waals surface area contributed by atoms with Gasteiger partial charge in [-0.25, -0.2) is 6.08 Å². The van der Waals surface area contributed by atoms with Crippen LogP contribution in [0.4, 0.5) is 0 Å². The molecular formula is C16H14BrINO2Y-. The molecule has 2 rings (SSSR count). The molecule has 6 heteroatoms. The first-order valence-corrected chi connectivity index (χ1v) is 8.43. The Labute approximate surface area is 178 Å². The molecule has 0 spiro atoms. The first-order chi connectivity index (χ1) is 10.0. The van der Waals surface area contributed by atoms with Gasteiger partial charge in [0.1, 0.15) is 12.4 Å². The molecule has 1 radical (unpaired) electrons. The number of hydrogen-bond acceptors (Lipinski definition) is 2. The summed E-state index contributed by atoms with van der Waals surface area (Å²) in [6.45, 7) is 2.15. The fourth-order valence-electron chi connectivity index (χ4n) is 1.96. The second-order valence-electron chi connectivity index (χ2n) is 4.45. The molecular weight excluding hydrogens is 534 g/mol. The number of allylic oxidation sites excluding steroid dienone is 1. The van der Waals surface area contributed by atoms with Gasteiger partial charge in [0.15, 0.2) is 0 Å². The Morgan fingerprint density at radius 3 is 2.91 bits per heavy atom. The number of carbonyl (C=O) groups excluding carboxylic acids is 1. The second kappa shape index (κ2) is 9.41. The van der Waals surface area contributed by atoms with Gasteiger partial charge in [-0.3, -0.25) is 4.79 Å². The molecule has 1 atom stereocenters. The van der Waals surface area contributed by atoms with E-state index in [9.17, 15) is 4.79 Å². The van der Waals surface area contributed by atoms with Crippen LogP contribution in [0, 0.1) is 17.9 Å². The van der Waals surface area contributed by atoms with E-state index >= 15 is 0 Å². The van der Waals surface area contributed by atoms with Crippen LogP contribution in [-0.2, 0) is 37.5 Å². The van der Waals surface area contributed by atoms with Gasteiger partial charge in [0.25, 0.3) is 0 Å². The van der Waals surface area contributed by atoms with Gasteiger partial charge in [-0.1, -0.05) is 55.3 Å². The van der Waals surface area contributed by atoms with Crippen LogP contribution in [0.5, 0.6) is 5.75 Å². The minimum absolute atomic E-state index is 0. The zero-order valence-electron chi connectivity index (χ0n) is 12.3. The number of halogens is 2. The van der Waals surface area contributed by atoms with Crippen molar-refractivity contribution in [2.24, 2.45) is 0 Å². The van der Waals surface area contributed by atoms with Gasteiger partial charge in [0, 0.05) is 39.8 Å². The number of rotatable bonds is 3. The van der Waals surface area contributed by atoms with Gasteiger partial charge in [-0.2, -0.15) is 0 Å². The van der Waals surface area contributed by atoms with Crippen LogP contribution < -0.4 is 4.74 Å². The van der Waals surface area contributed by atoms with Crippen molar-refractivity contribution in [2.75, 3.05) is 13.7 Å². The molecule has 22 heavy (non-hydrogen) atoms. The molecule has 1 aromatic carbocycles. The molecule has 0 aromatic heterocycles. The van der Waals surface area contributed by atoms with Gasteiger partial charge >= 0.3 is 0 Å². The number of amides is 1. The Bertz CT molecular complexity index is 651. The van der Waals surface area contributed by atoms with Crippen molar-refractivity contribution in [3.63, 3.8) is 0 Å². The average molecular weight is 548 g/mol.